The number of hydrogen-bond acceptors (Lipinski definition) is 4. The molecule has 0 spiro atoms. The lowest BCUT2D eigenvalue weighted by Gasteiger charge is -2.23. The van der Waals surface area contributed by atoms with Gasteiger partial charge in [0.1, 0.15) is 35.2 Å². The van der Waals surface area contributed by atoms with Crippen LogP contribution in [0.2, 0.25) is 0 Å². The molecular formula is C29H26N4O. The molecule has 0 aliphatic heterocycles. The van der Waals surface area contributed by atoms with Gasteiger partial charge < -0.3 is 10.5 Å². The Hall–Kier alpha value is -4.12. The highest BCUT2D eigenvalue weighted by atomic mass is 16.5. The highest BCUT2D eigenvalue weighted by Gasteiger charge is 2.26. The first-order valence-corrected chi connectivity index (χ1v) is 11.8. The highest BCUT2D eigenvalue weighted by molar-refractivity contribution is 5.85. The van der Waals surface area contributed by atoms with Crippen molar-refractivity contribution in [2.75, 3.05) is 5.73 Å². The number of anilines is 1. The van der Waals surface area contributed by atoms with E-state index in [1.165, 1.54) is 30.4 Å². The van der Waals surface area contributed by atoms with Gasteiger partial charge >= 0.3 is 0 Å². The summed E-state index contributed by atoms with van der Waals surface area (Å²) < 4.78 is 8.38. The van der Waals surface area contributed by atoms with Crippen LogP contribution < -0.4 is 10.5 Å². The second-order valence-corrected chi connectivity index (χ2v) is 8.82. The van der Waals surface area contributed by atoms with Gasteiger partial charge in [0, 0.05) is 23.9 Å². The van der Waals surface area contributed by atoms with Gasteiger partial charge in [-0.1, -0.05) is 73.2 Å². The first-order chi connectivity index (χ1) is 16.8. The molecule has 34 heavy (non-hydrogen) atoms. The van der Waals surface area contributed by atoms with Crippen molar-refractivity contribution in [1.29, 1.82) is 0 Å². The lowest BCUT2D eigenvalue weighted by Crippen LogP contribution is -2.12. The van der Waals surface area contributed by atoms with Crippen LogP contribution in [0.25, 0.3) is 27.9 Å². The maximum Gasteiger partial charge on any atom is 0.150 e. The van der Waals surface area contributed by atoms with Crippen LogP contribution in [0.1, 0.15) is 36.6 Å². The number of benzene rings is 3. The molecule has 0 unspecified atom stereocenters. The van der Waals surface area contributed by atoms with Crippen molar-refractivity contribution in [3.05, 3.63) is 103 Å². The third kappa shape index (κ3) is 3.69. The SMILES string of the molecule is Nc1nccn2c(C3CCC3)nc(-c3cccc(OCc4ccccc4-c4ccccc4)c3)c12. The van der Waals surface area contributed by atoms with Crippen LogP contribution in [-0.4, -0.2) is 14.4 Å². The zero-order valence-electron chi connectivity index (χ0n) is 18.9. The molecular weight excluding hydrogens is 420 g/mol. The number of nitrogens with zero attached hydrogens (tertiary/aromatic N) is 3. The molecule has 168 valence electrons. The molecule has 0 saturated heterocycles. The van der Waals surface area contributed by atoms with E-state index in [-0.39, 0.29) is 0 Å². The van der Waals surface area contributed by atoms with Gasteiger partial charge in [-0.2, -0.15) is 0 Å². The summed E-state index contributed by atoms with van der Waals surface area (Å²) in [6.45, 7) is 0.482. The predicted octanol–water partition coefficient (Wildman–Crippen LogP) is 6.49. The van der Waals surface area contributed by atoms with Gasteiger partial charge in [-0.15, -0.1) is 0 Å². The number of hydrogen-bond donors (Lipinski definition) is 1. The van der Waals surface area contributed by atoms with Crippen molar-refractivity contribution < 1.29 is 4.74 Å². The number of imidazole rings is 1. The van der Waals surface area contributed by atoms with Gasteiger partial charge in [-0.25, -0.2) is 9.97 Å². The molecule has 0 bridgehead atoms. The van der Waals surface area contributed by atoms with E-state index < -0.39 is 0 Å². The Labute approximate surface area is 198 Å². The van der Waals surface area contributed by atoms with E-state index in [0.29, 0.717) is 18.3 Å². The summed E-state index contributed by atoms with van der Waals surface area (Å²) in [7, 11) is 0. The smallest absolute Gasteiger partial charge is 0.150 e. The van der Waals surface area contributed by atoms with Gasteiger partial charge in [-0.3, -0.25) is 4.40 Å². The minimum absolute atomic E-state index is 0.482. The third-order valence-electron chi connectivity index (χ3n) is 6.68. The number of ether oxygens (including phenoxy) is 1. The number of nitrogens with two attached hydrogens (primary N) is 1. The zero-order chi connectivity index (χ0) is 22.9. The molecule has 5 nitrogen and oxygen atoms in total. The van der Waals surface area contributed by atoms with Gasteiger partial charge in [0.15, 0.2) is 0 Å². The van der Waals surface area contributed by atoms with Crippen molar-refractivity contribution in [3.8, 4) is 28.1 Å². The zero-order valence-corrected chi connectivity index (χ0v) is 18.9. The van der Waals surface area contributed by atoms with Crippen LogP contribution in [0.3, 0.4) is 0 Å². The van der Waals surface area contributed by atoms with Crippen molar-refractivity contribution in [1.82, 2.24) is 14.4 Å². The molecule has 1 saturated carbocycles. The minimum atomic E-state index is 0.482. The fraction of sp³-hybridized carbons (Fsp3) is 0.172. The van der Waals surface area contributed by atoms with E-state index in [4.69, 9.17) is 15.5 Å². The molecule has 0 amide bonds. The Bertz CT molecular complexity index is 1450. The summed E-state index contributed by atoms with van der Waals surface area (Å²) in [6, 6.07) is 26.9. The second kappa shape index (κ2) is 8.67. The molecule has 3 aromatic carbocycles. The summed E-state index contributed by atoms with van der Waals surface area (Å²) in [5.41, 5.74) is 12.5. The van der Waals surface area contributed by atoms with Crippen molar-refractivity contribution in [2.24, 2.45) is 0 Å². The standard InChI is InChI=1S/C29H26N4O/c30-28-27-26(32-29(21-11-6-12-21)33(27)17-16-31-28)22-13-7-14-24(18-22)34-19-23-10-4-5-15-25(23)20-8-2-1-3-9-20/h1-5,7-10,13-18,21H,6,11-12,19H2,(H2,30,31). The predicted molar refractivity (Wildman–Crippen MR) is 136 cm³/mol. The van der Waals surface area contributed by atoms with Crippen molar-refractivity contribution in [3.63, 3.8) is 0 Å². The van der Waals surface area contributed by atoms with Gasteiger partial charge in [-0.05, 0) is 41.7 Å². The molecule has 2 N–H and O–H groups in total. The highest BCUT2D eigenvalue weighted by Crippen LogP contribution is 2.39. The van der Waals surface area contributed by atoms with Crippen molar-refractivity contribution in [2.45, 2.75) is 31.8 Å². The third-order valence-corrected chi connectivity index (χ3v) is 6.68. The fourth-order valence-corrected chi connectivity index (χ4v) is 4.68. The molecule has 2 aromatic heterocycles. The topological polar surface area (TPSA) is 65.4 Å². The first-order valence-electron chi connectivity index (χ1n) is 11.8. The van der Waals surface area contributed by atoms with Gasteiger partial charge in [0.2, 0.25) is 0 Å². The Balaban J connectivity index is 1.32. The average molecular weight is 447 g/mol. The summed E-state index contributed by atoms with van der Waals surface area (Å²) in [4.78, 5) is 9.38. The maximum atomic E-state index is 6.31. The largest absolute Gasteiger partial charge is 0.489 e. The van der Waals surface area contributed by atoms with Gasteiger partial charge in [0.25, 0.3) is 0 Å². The Morgan fingerprint density at radius 2 is 1.71 bits per heavy atom. The first kappa shape index (κ1) is 20.5. The molecule has 0 atom stereocenters. The molecule has 1 fully saturated rings. The van der Waals surface area contributed by atoms with Crippen LogP contribution in [0.15, 0.2) is 91.3 Å². The summed E-state index contributed by atoms with van der Waals surface area (Å²) >= 11 is 0. The number of fused-ring (bicyclic) bond motifs is 1. The molecule has 5 heteroatoms. The Morgan fingerprint density at radius 1 is 0.912 bits per heavy atom. The van der Waals surface area contributed by atoms with E-state index in [9.17, 15) is 0 Å². The van der Waals surface area contributed by atoms with E-state index in [0.717, 1.165) is 33.9 Å². The summed E-state index contributed by atoms with van der Waals surface area (Å²) in [5, 5.41) is 0. The van der Waals surface area contributed by atoms with Crippen LogP contribution in [0.5, 0.6) is 5.75 Å². The van der Waals surface area contributed by atoms with Crippen molar-refractivity contribution >= 4 is 11.3 Å². The normalized spacial score (nSPS) is 13.6. The van der Waals surface area contributed by atoms with E-state index >= 15 is 0 Å². The van der Waals surface area contributed by atoms with Crippen LogP contribution in [0.4, 0.5) is 5.82 Å². The van der Waals surface area contributed by atoms with E-state index in [2.05, 4.69) is 64.0 Å². The van der Waals surface area contributed by atoms with E-state index in [1.54, 1.807) is 6.20 Å². The number of aromatic nitrogens is 3. The maximum absolute atomic E-state index is 6.31. The lowest BCUT2D eigenvalue weighted by atomic mass is 9.85. The minimum Gasteiger partial charge on any atom is -0.489 e. The second-order valence-electron chi connectivity index (χ2n) is 8.82. The molecule has 1 aliphatic rings. The molecule has 6 rings (SSSR count). The summed E-state index contributed by atoms with van der Waals surface area (Å²) in [6.07, 6.45) is 7.31. The van der Waals surface area contributed by atoms with Crippen LogP contribution >= 0.6 is 0 Å². The van der Waals surface area contributed by atoms with E-state index in [1.807, 2.05) is 30.5 Å². The monoisotopic (exact) mass is 446 g/mol. The van der Waals surface area contributed by atoms with Gasteiger partial charge in [0.05, 0.1) is 0 Å². The molecule has 5 aromatic rings. The Kier molecular flexibility index (Phi) is 5.22. The molecule has 2 heterocycles. The lowest BCUT2D eigenvalue weighted by molar-refractivity contribution is 0.307. The fourth-order valence-electron chi connectivity index (χ4n) is 4.68. The van der Waals surface area contributed by atoms with Crippen LogP contribution in [-0.2, 0) is 6.61 Å². The Morgan fingerprint density at radius 3 is 2.53 bits per heavy atom. The number of nitrogen functional groups attached to an aromatic ring is 1. The van der Waals surface area contributed by atoms with Crippen LogP contribution in [0, 0.1) is 0 Å². The average Bonchev–Trinajstić information content (AvgIpc) is 3.23. The number of rotatable bonds is 6. The summed E-state index contributed by atoms with van der Waals surface area (Å²) in [5.74, 6) is 2.86. The molecule has 0 radical (unpaired) electrons. The molecule has 1 aliphatic carbocycles. The quantitative estimate of drug-likeness (QED) is 0.324.